The predicted molar refractivity (Wildman–Crippen MR) is 74.5 cm³/mol. The molecule has 0 atom stereocenters. The highest BCUT2D eigenvalue weighted by Gasteiger charge is 2.44. The van der Waals surface area contributed by atoms with E-state index in [9.17, 15) is 0 Å². The smallest absolute Gasteiger partial charge is 0.0573 e. The summed E-state index contributed by atoms with van der Waals surface area (Å²) in [5.41, 5.74) is 0. The van der Waals surface area contributed by atoms with Gasteiger partial charge < -0.3 is 0 Å². The number of hydrogen-bond acceptors (Lipinski definition) is 0. The van der Waals surface area contributed by atoms with Crippen LogP contribution in [0.25, 0.3) is 0 Å². The van der Waals surface area contributed by atoms with Crippen molar-refractivity contribution in [2.24, 2.45) is 0 Å². The first-order valence-corrected chi connectivity index (χ1v) is 9.41. The monoisotopic (exact) mass is 237 g/mol. The fraction of sp³-hybridized carbons (Fsp3) is 1.00. The molecular weight excluding hydrogens is 208 g/mol. The molecule has 16 heavy (non-hydrogen) atoms. The summed E-state index contributed by atoms with van der Waals surface area (Å²) < 4.78 is 0. The van der Waals surface area contributed by atoms with Gasteiger partial charge in [-0.2, -0.15) is 0 Å². The maximum Gasteiger partial charge on any atom is 0.0573 e. The van der Waals surface area contributed by atoms with E-state index in [1.165, 1.54) is 64.2 Å². The standard InChI is InChI=1S/C15H29Si/c1-14(10-6-4-7-11-14)16(3)15(2)12-8-5-9-13-15/h4-13H2,1-3H3. The Morgan fingerprint density at radius 3 is 1.25 bits per heavy atom. The molecule has 93 valence electrons. The molecule has 0 unspecified atom stereocenters. The molecule has 1 radical (unpaired) electrons. The lowest BCUT2D eigenvalue weighted by atomic mass is 9.88. The zero-order valence-electron chi connectivity index (χ0n) is 11.6. The summed E-state index contributed by atoms with van der Waals surface area (Å²) in [6.45, 7) is 7.92. The average molecular weight is 237 g/mol. The van der Waals surface area contributed by atoms with Gasteiger partial charge in [0.1, 0.15) is 0 Å². The van der Waals surface area contributed by atoms with Crippen molar-refractivity contribution in [1.82, 2.24) is 0 Å². The fourth-order valence-corrected chi connectivity index (χ4v) is 7.81. The highest BCUT2D eigenvalue weighted by Crippen LogP contribution is 2.56. The Labute approximate surface area is 104 Å². The average Bonchev–Trinajstić information content (AvgIpc) is 2.30. The molecule has 0 saturated heterocycles. The molecule has 0 nitrogen and oxygen atoms in total. The molecular formula is C15H29Si. The van der Waals surface area contributed by atoms with E-state index in [0.717, 1.165) is 10.1 Å². The molecule has 0 spiro atoms. The Balaban J connectivity index is 2.06. The van der Waals surface area contributed by atoms with E-state index in [1.807, 2.05) is 0 Å². The van der Waals surface area contributed by atoms with Crippen LogP contribution in [0.5, 0.6) is 0 Å². The second-order valence-corrected chi connectivity index (χ2v) is 10.5. The maximum atomic E-state index is 2.67. The summed E-state index contributed by atoms with van der Waals surface area (Å²) in [6, 6.07) is 0. The van der Waals surface area contributed by atoms with Crippen molar-refractivity contribution in [3.05, 3.63) is 0 Å². The minimum Gasteiger partial charge on any atom is -0.0702 e. The topological polar surface area (TPSA) is 0 Å². The van der Waals surface area contributed by atoms with E-state index in [4.69, 9.17) is 0 Å². The summed E-state index contributed by atoms with van der Waals surface area (Å²) in [6.07, 6.45) is 15.2. The molecule has 0 N–H and O–H groups in total. The lowest BCUT2D eigenvalue weighted by molar-refractivity contribution is 0.346. The fourth-order valence-electron chi connectivity index (χ4n) is 4.14. The van der Waals surface area contributed by atoms with Crippen LogP contribution in [-0.4, -0.2) is 8.80 Å². The van der Waals surface area contributed by atoms with Crippen molar-refractivity contribution in [2.45, 2.75) is 94.7 Å². The van der Waals surface area contributed by atoms with Gasteiger partial charge in [-0.25, -0.2) is 0 Å². The summed E-state index contributed by atoms with van der Waals surface area (Å²) in [4.78, 5) is 0. The lowest BCUT2D eigenvalue weighted by Crippen LogP contribution is -2.40. The second kappa shape index (κ2) is 4.84. The summed E-state index contributed by atoms with van der Waals surface area (Å²) in [5, 5.41) is 1.52. The van der Waals surface area contributed by atoms with Crippen molar-refractivity contribution < 1.29 is 0 Å². The molecule has 2 aliphatic rings. The van der Waals surface area contributed by atoms with Crippen LogP contribution in [0.4, 0.5) is 0 Å². The molecule has 2 saturated carbocycles. The molecule has 0 aromatic carbocycles. The normalized spacial score (nSPS) is 29.2. The third-order valence-corrected chi connectivity index (χ3v) is 10.3. The van der Waals surface area contributed by atoms with Gasteiger partial charge in [0.15, 0.2) is 0 Å². The Morgan fingerprint density at radius 2 is 0.938 bits per heavy atom. The maximum absolute atomic E-state index is 2.67. The van der Waals surface area contributed by atoms with Gasteiger partial charge in [0.05, 0.1) is 8.80 Å². The van der Waals surface area contributed by atoms with Gasteiger partial charge in [0.25, 0.3) is 0 Å². The second-order valence-electron chi connectivity index (χ2n) is 6.87. The van der Waals surface area contributed by atoms with Gasteiger partial charge in [-0.1, -0.05) is 84.6 Å². The Morgan fingerprint density at radius 1 is 0.625 bits per heavy atom. The van der Waals surface area contributed by atoms with Crippen LogP contribution in [0.15, 0.2) is 0 Å². The predicted octanol–water partition coefficient (Wildman–Crippen LogP) is 5.56. The highest BCUT2D eigenvalue weighted by atomic mass is 28.3. The Bertz CT molecular complexity index is 198. The van der Waals surface area contributed by atoms with Crippen LogP contribution in [0, 0.1) is 0 Å². The Hall–Kier alpha value is 0.217. The number of rotatable bonds is 2. The van der Waals surface area contributed by atoms with Crippen LogP contribution < -0.4 is 0 Å². The van der Waals surface area contributed by atoms with Crippen LogP contribution in [0.3, 0.4) is 0 Å². The number of hydrogen-bond donors (Lipinski definition) is 0. The minimum absolute atomic E-state index is 0.188. The largest absolute Gasteiger partial charge is 0.0702 e. The molecule has 2 fully saturated rings. The van der Waals surface area contributed by atoms with Crippen molar-refractivity contribution in [2.75, 3.05) is 0 Å². The third-order valence-electron chi connectivity index (χ3n) is 5.72. The van der Waals surface area contributed by atoms with Crippen molar-refractivity contribution in [3.63, 3.8) is 0 Å². The van der Waals surface area contributed by atoms with Crippen LogP contribution in [0.2, 0.25) is 16.6 Å². The quantitative estimate of drug-likeness (QED) is 0.552. The van der Waals surface area contributed by atoms with Crippen molar-refractivity contribution in [3.8, 4) is 0 Å². The van der Waals surface area contributed by atoms with Crippen molar-refractivity contribution >= 4 is 8.80 Å². The van der Waals surface area contributed by atoms with Gasteiger partial charge in [-0.3, -0.25) is 0 Å². The molecule has 0 heterocycles. The first-order valence-electron chi connectivity index (χ1n) is 7.41. The molecule has 2 aliphatic carbocycles. The van der Waals surface area contributed by atoms with E-state index >= 15 is 0 Å². The molecule has 0 aliphatic heterocycles. The molecule has 0 amide bonds. The molecule has 0 bridgehead atoms. The first kappa shape index (κ1) is 12.7. The van der Waals surface area contributed by atoms with E-state index in [0.29, 0.717) is 0 Å². The lowest BCUT2D eigenvalue weighted by Gasteiger charge is -2.49. The molecule has 0 aromatic heterocycles. The summed E-state index contributed by atoms with van der Waals surface area (Å²) in [7, 11) is -0.188. The van der Waals surface area contributed by atoms with Gasteiger partial charge in [-0.05, 0) is 10.1 Å². The van der Waals surface area contributed by atoms with E-state index in [-0.39, 0.29) is 8.80 Å². The molecule has 0 aromatic rings. The molecule has 1 heteroatoms. The zero-order chi connectivity index (χ0) is 11.6. The van der Waals surface area contributed by atoms with Gasteiger partial charge in [0, 0.05) is 0 Å². The minimum atomic E-state index is -0.188. The third kappa shape index (κ3) is 2.39. The van der Waals surface area contributed by atoms with Crippen LogP contribution in [0.1, 0.15) is 78.1 Å². The summed E-state index contributed by atoms with van der Waals surface area (Å²) >= 11 is 0. The summed E-state index contributed by atoms with van der Waals surface area (Å²) in [5.74, 6) is 0. The molecule has 2 rings (SSSR count). The zero-order valence-corrected chi connectivity index (χ0v) is 12.6. The van der Waals surface area contributed by atoms with Crippen molar-refractivity contribution in [1.29, 1.82) is 0 Å². The van der Waals surface area contributed by atoms with Gasteiger partial charge >= 0.3 is 0 Å². The van der Waals surface area contributed by atoms with Gasteiger partial charge in [0.2, 0.25) is 0 Å². The van der Waals surface area contributed by atoms with Crippen LogP contribution in [-0.2, 0) is 0 Å². The van der Waals surface area contributed by atoms with Gasteiger partial charge in [-0.15, -0.1) is 0 Å². The SMILES string of the molecule is C[Si](C1(C)CCCCC1)C1(C)CCCCC1. The highest BCUT2D eigenvalue weighted by molar-refractivity contribution is 6.64. The Kier molecular flexibility index (Phi) is 3.83. The van der Waals surface area contributed by atoms with Crippen LogP contribution >= 0.6 is 0 Å². The first-order chi connectivity index (χ1) is 7.57. The van der Waals surface area contributed by atoms with E-state index in [1.54, 1.807) is 0 Å². The van der Waals surface area contributed by atoms with E-state index < -0.39 is 0 Å². The van der Waals surface area contributed by atoms with E-state index in [2.05, 4.69) is 20.4 Å².